The lowest BCUT2D eigenvalue weighted by molar-refractivity contribution is -0.397. The van der Waals surface area contributed by atoms with E-state index in [0.717, 1.165) is 12.0 Å². The number of aliphatic hydroxyl groups excluding tert-OH is 11. The number of hydrogen-bond acceptors (Lipinski definition) is 26. The Bertz CT molecular complexity index is 2380. The van der Waals surface area contributed by atoms with Gasteiger partial charge in [0.25, 0.3) is 0 Å². The second-order valence-electron chi connectivity index (χ2n) is 26.6. The van der Waals surface area contributed by atoms with Crippen LogP contribution in [0.1, 0.15) is 120 Å². The van der Waals surface area contributed by atoms with Crippen molar-refractivity contribution < 1.29 is 131 Å². The summed E-state index contributed by atoms with van der Waals surface area (Å²) in [5.41, 5.74) is -1.22. The van der Waals surface area contributed by atoms with Crippen LogP contribution in [-0.4, -0.2) is 252 Å². The van der Waals surface area contributed by atoms with Crippen molar-refractivity contribution in [3.8, 4) is 0 Å². The van der Waals surface area contributed by atoms with Crippen molar-refractivity contribution in [1.82, 2.24) is 0 Å². The van der Waals surface area contributed by atoms with Crippen LogP contribution in [0.5, 0.6) is 0 Å². The van der Waals surface area contributed by atoms with E-state index >= 15 is 0 Å². The van der Waals surface area contributed by atoms with E-state index in [1.54, 1.807) is 6.92 Å². The highest BCUT2D eigenvalue weighted by atomic mass is 32.3. The van der Waals surface area contributed by atoms with Gasteiger partial charge in [-0.15, -0.1) is 0 Å². The molecule has 4 aliphatic carbocycles. The van der Waals surface area contributed by atoms with Crippen molar-refractivity contribution in [2.24, 2.45) is 40.4 Å². The van der Waals surface area contributed by atoms with Gasteiger partial charge < -0.3 is 109 Å². The predicted octanol–water partition coefficient (Wildman–Crippen LogP) is -1.65. The molecule has 0 bridgehead atoms. The van der Waals surface area contributed by atoms with Gasteiger partial charge in [-0.1, -0.05) is 39.3 Å². The van der Waals surface area contributed by atoms with Crippen molar-refractivity contribution in [3.05, 3.63) is 11.6 Å². The van der Waals surface area contributed by atoms with Gasteiger partial charge in [0.1, 0.15) is 91.2 Å². The molecule has 0 amide bonds. The highest BCUT2D eigenvalue weighted by molar-refractivity contribution is 7.80. The summed E-state index contributed by atoms with van der Waals surface area (Å²) in [6.45, 7) is 12.9. The van der Waals surface area contributed by atoms with Gasteiger partial charge in [-0.05, 0) is 113 Å². The Labute approximate surface area is 489 Å². The first-order chi connectivity index (χ1) is 39.3. The molecule has 5 saturated heterocycles. The minimum absolute atomic E-state index is 0.00554. The number of rotatable bonds is 18. The number of aliphatic hydroxyl groups is 12. The molecule has 0 radical (unpaired) electrons. The van der Waals surface area contributed by atoms with E-state index in [1.807, 2.05) is 13.8 Å². The van der Waals surface area contributed by atoms with Crippen molar-refractivity contribution in [3.63, 3.8) is 0 Å². The van der Waals surface area contributed by atoms with E-state index in [-0.39, 0.29) is 55.1 Å². The third-order valence-electron chi connectivity index (χ3n) is 20.2. The zero-order chi connectivity index (χ0) is 61.4. The van der Waals surface area contributed by atoms with Crippen LogP contribution in [0, 0.1) is 40.4 Å². The molecule has 484 valence electrons. The van der Waals surface area contributed by atoms with Crippen LogP contribution in [0.2, 0.25) is 0 Å². The van der Waals surface area contributed by atoms with Gasteiger partial charge in [0.2, 0.25) is 0 Å². The second-order valence-corrected chi connectivity index (χ2v) is 27.6. The SMILES string of the molecule is CC(C)CC(=O)C[C@](C)(O)[C@H]1CCC2C3C[C@H](O[C@@H]4O[C@H](C)[C@@H](O)[C@H](O[C@@H]5OC[C@@H](O[C@@H]6O[C@H](CO)[C@@H](O)[C@H](O)[C@H]6O[C@@H]6O[C@H](C)[C@H](O)C[C@H]6O)[C@H](O)[C@H]5O[C@@H]5O[C@H](C)[C@@H](O)[C@H](O)[C@H]5O)[C@H]4O)C4C[C@@H](OS(=O)(=O)O)CC[C@]4(C)C3=CC[C@@]21C. The molecule has 0 aromatic heterocycles. The quantitative estimate of drug-likeness (QED) is 0.0540. The maximum Gasteiger partial charge on any atom is 0.397 e. The first-order valence-electron chi connectivity index (χ1n) is 29.8. The number of allylic oxidation sites excluding steroid dienone is 2. The number of Topliss-reactive ketones (excluding diaryl/α,β-unsaturated/α-hetero) is 1. The Kier molecular flexibility index (Phi) is 20.6. The highest BCUT2D eigenvalue weighted by Crippen LogP contribution is 2.67. The molecule has 0 aromatic rings. The van der Waals surface area contributed by atoms with E-state index in [9.17, 15) is 79.0 Å². The molecule has 28 heteroatoms. The summed E-state index contributed by atoms with van der Waals surface area (Å²) in [5, 5.41) is 135. The first-order valence-corrected chi connectivity index (χ1v) is 31.2. The van der Waals surface area contributed by atoms with Gasteiger partial charge in [-0.3, -0.25) is 9.35 Å². The van der Waals surface area contributed by atoms with Crippen LogP contribution in [0.25, 0.3) is 0 Å². The van der Waals surface area contributed by atoms with Crippen LogP contribution in [0.15, 0.2) is 11.6 Å². The van der Waals surface area contributed by atoms with Gasteiger partial charge in [0, 0.05) is 19.3 Å². The average molecular weight is 1230 g/mol. The van der Waals surface area contributed by atoms with E-state index in [2.05, 4.69) is 19.9 Å². The molecular formula is C56H92O27S. The fraction of sp³-hybridized carbons (Fsp3) is 0.946. The minimum Gasteiger partial charge on any atom is -0.394 e. The zero-order valence-corrected chi connectivity index (χ0v) is 49.6. The molecule has 5 aliphatic heterocycles. The summed E-state index contributed by atoms with van der Waals surface area (Å²) in [4.78, 5) is 13.2. The van der Waals surface area contributed by atoms with Gasteiger partial charge in [0.05, 0.1) is 55.4 Å². The zero-order valence-electron chi connectivity index (χ0n) is 48.8. The lowest BCUT2D eigenvalue weighted by atomic mass is 9.47. The Balaban J connectivity index is 0.981. The first kappa shape index (κ1) is 66.8. The van der Waals surface area contributed by atoms with Crippen molar-refractivity contribution in [1.29, 1.82) is 0 Å². The standard InChI is InChI=1S/C56H92O27S/c1-22(2)15-26(58)19-56(8,69)37-10-9-29-28-17-34(31-16-27(83-84(70,71)72)11-13-54(31,6)30(28)12-14-55(29,37)7)77-51-45(68)46(39(62)25(5)76-51)80-52-47(82-50-44(67)42(65)38(61)24(4)75-50)41(64)36(21-73-52)79-53-48(43(66)40(63)35(20-57)78-53)81-49-33(60)18-32(59)23(3)74-49/h12,22-25,27-29,31-53,57,59-69H,9-11,13-21H2,1-8H3,(H,70,71,72)/t23-,24-,25-,27+,28?,29?,31?,32-,33-,34+,35-,36-,37+,38-,39-,40-,41+,42+,43+,44-,45-,46+,47-,48-,49+,50+,51+,52+,53+,54-,55+,56+/m1/s1. The molecule has 0 aromatic carbocycles. The fourth-order valence-electron chi connectivity index (χ4n) is 15.7. The predicted molar refractivity (Wildman–Crippen MR) is 284 cm³/mol. The Hall–Kier alpha value is -1.60. The van der Waals surface area contributed by atoms with Crippen LogP contribution in [0.4, 0.5) is 0 Å². The Morgan fingerprint density at radius 1 is 0.667 bits per heavy atom. The highest BCUT2D eigenvalue weighted by Gasteiger charge is 2.64. The smallest absolute Gasteiger partial charge is 0.394 e. The van der Waals surface area contributed by atoms with Crippen LogP contribution in [-0.2, 0) is 66.7 Å². The number of carbonyl (C=O) groups excluding carboxylic acids is 1. The van der Waals surface area contributed by atoms with Crippen molar-refractivity contribution in [2.45, 2.75) is 279 Å². The maximum atomic E-state index is 13.2. The topological polar surface area (TPSA) is 416 Å². The lowest BCUT2D eigenvalue weighted by Crippen LogP contribution is -2.66. The molecule has 0 spiro atoms. The number of carbonyl (C=O) groups is 1. The molecule has 13 N–H and O–H groups in total. The van der Waals surface area contributed by atoms with Gasteiger partial charge in [0.15, 0.2) is 31.5 Å². The van der Waals surface area contributed by atoms with Gasteiger partial charge >= 0.3 is 10.4 Å². The molecule has 9 rings (SSSR count). The largest absolute Gasteiger partial charge is 0.397 e. The monoisotopic (exact) mass is 1230 g/mol. The second kappa shape index (κ2) is 25.9. The number of ketones is 1. The average Bonchev–Trinajstić information content (AvgIpc) is 1.48. The van der Waals surface area contributed by atoms with E-state index in [1.165, 1.54) is 20.8 Å². The molecule has 32 atom stereocenters. The minimum atomic E-state index is -4.87. The van der Waals surface area contributed by atoms with Crippen LogP contribution in [0.3, 0.4) is 0 Å². The molecular weight excluding hydrogens is 1140 g/mol. The van der Waals surface area contributed by atoms with E-state index in [4.69, 9.17) is 51.6 Å². The molecule has 3 saturated carbocycles. The third kappa shape index (κ3) is 13.4. The number of ether oxygens (including phenoxy) is 10. The van der Waals surface area contributed by atoms with E-state index in [0.29, 0.717) is 32.1 Å². The molecule has 9 aliphatic rings. The molecule has 3 unspecified atom stereocenters. The molecule has 84 heavy (non-hydrogen) atoms. The van der Waals surface area contributed by atoms with Gasteiger partial charge in [-0.25, -0.2) is 4.18 Å². The normalized spacial score (nSPS) is 50.8. The van der Waals surface area contributed by atoms with Crippen LogP contribution >= 0.6 is 0 Å². The van der Waals surface area contributed by atoms with Crippen LogP contribution < -0.4 is 0 Å². The molecule has 27 nitrogen and oxygen atoms in total. The van der Waals surface area contributed by atoms with Gasteiger partial charge in [-0.2, -0.15) is 8.42 Å². The maximum absolute atomic E-state index is 13.2. The number of fused-ring (bicyclic) bond motifs is 5. The molecule has 5 heterocycles. The van der Waals surface area contributed by atoms with E-state index < -0.39 is 199 Å². The van der Waals surface area contributed by atoms with Crippen molar-refractivity contribution >= 4 is 16.2 Å². The summed E-state index contributed by atoms with van der Waals surface area (Å²) in [6.07, 6.45) is -33.1. The van der Waals surface area contributed by atoms with Crippen molar-refractivity contribution in [2.75, 3.05) is 13.2 Å². The summed E-state index contributed by atoms with van der Waals surface area (Å²) >= 11 is 0. The fourth-order valence-corrected chi connectivity index (χ4v) is 16.2. The molecule has 8 fully saturated rings. The summed E-state index contributed by atoms with van der Waals surface area (Å²) in [7, 11) is -4.87. The lowest BCUT2D eigenvalue weighted by Gasteiger charge is -2.60. The Morgan fingerprint density at radius 3 is 1.95 bits per heavy atom. The Morgan fingerprint density at radius 2 is 1.29 bits per heavy atom. The number of hydrogen-bond donors (Lipinski definition) is 13. The third-order valence-corrected chi connectivity index (χ3v) is 20.7. The summed E-state index contributed by atoms with van der Waals surface area (Å²) < 4.78 is 101. The summed E-state index contributed by atoms with van der Waals surface area (Å²) in [5.74, 6) is -0.744. The summed E-state index contributed by atoms with van der Waals surface area (Å²) in [6, 6.07) is 0.